The first-order valence-corrected chi connectivity index (χ1v) is 11.4. The Balaban J connectivity index is 1.96. The van der Waals surface area contributed by atoms with Gasteiger partial charge in [-0.1, -0.05) is 43.1 Å². The normalized spacial score (nSPS) is 10.5. The van der Waals surface area contributed by atoms with Gasteiger partial charge in [-0.25, -0.2) is 0 Å². The number of nitrogens with one attached hydrogen (secondary N) is 3. The van der Waals surface area contributed by atoms with Crippen LogP contribution in [0.5, 0.6) is 5.75 Å². The van der Waals surface area contributed by atoms with Crippen molar-refractivity contribution >= 4 is 56.4 Å². The first-order chi connectivity index (χ1) is 14.8. The van der Waals surface area contributed by atoms with Gasteiger partial charge < -0.3 is 15.4 Å². The summed E-state index contributed by atoms with van der Waals surface area (Å²) in [6.45, 7) is 6.61. The van der Waals surface area contributed by atoms with Crippen LogP contribution in [0.4, 0.5) is 11.4 Å². The molecule has 0 unspecified atom stereocenters. The highest BCUT2D eigenvalue weighted by atomic mass is 79.9. The molecule has 8 heteroatoms. The number of ether oxygens (including phenoxy) is 1. The maximum atomic E-state index is 12.7. The Morgan fingerprint density at radius 2 is 1.71 bits per heavy atom. The Kier molecular flexibility index (Phi) is 9.94. The SMILES string of the molecule is CCCCOc1ccc(Br)cc1C(=O)NC(=S)Nc1ccc(NC(=O)CC(C)C)cc1. The number of amides is 2. The standard InChI is InChI=1S/C23H28BrN3O3S/c1-4-5-12-30-20-11-6-16(24)14-19(20)22(29)27-23(31)26-18-9-7-17(8-10-18)25-21(28)13-15(2)3/h6-11,14-15H,4-5,12-13H2,1-3H3,(H,25,28)(H2,26,27,29,31). The summed E-state index contributed by atoms with van der Waals surface area (Å²) in [4.78, 5) is 24.6. The minimum Gasteiger partial charge on any atom is -0.493 e. The highest BCUT2D eigenvalue weighted by molar-refractivity contribution is 9.10. The topological polar surface area (TPSA) is 79.5 Å². The van der Waals surface area contributed by atoms with Crippen molar-refractivity contribution in [1.82, 2.24) is 5.32 Å². The Hall–Kier alpha value is -2.45. The summed E-state index contributed by atoms with van der Waals surface area (Å²) in [5.74, 6) is 0.426. The molecule has 166 valence electrons. The van der Waals surface area contributed by atoms with Crippen molar-refractivity contribution in [3.63, 3.8) is 0 Å². The van der Waals surface area contributed by atoms with E-state index in [-0.39, 0.29) is 16.9 Å². The zero-order valence-corrected chi connectivity index (χ0v) is 20.4. The van der Waals surface area contributed by atoms with Crippen molar-refractivity contribution in [3.05, 3.63) is 52.5 Å². The van der Waals surface area contributed by atoms with Gasteiger partial charge in [-0.05, 0) is 67.0 Å². The van der Waals surface area contributed by atoms with Crippen LogP contribution in [0.3, 0.4) is 0 Å². The van der Waals surface area contributed by atoms with E-state index >= 15 is 0 Å². The smallest absolute Gasteiger partial charge is 0.261 e. The maximum absolute atomic E-state index is 12.7. The van der Waals surface area contributed by atoms with Gasteiger partial charge >= 0.3 is 0 Å². The number of halogens is 1. The molecule has 0 aliphatic heterocycles. The lowest BCUT2D eigenvalue weighted by atomic mass is 10.1. The number of carbonyl (C=O) groups excluding carboxylic acids is 2. The van der Waals surface area contributed by atoms with E-state index in [1.54, 1.807) is 36.4 Å². The fourth-order valence-corrected chi connectivity index (χ4v) is 3.26. The van der Waals surface area contributed by atoms with Crippen molar-refractivity contribution in [2.24, 2.45) is 5.92 Å². The highest BCUT2D eigenvalue weighted by Gasteiger charge is 2.15. The summed E-state index contributed by atoms with van der Waals surface area (Å²) in [7, 11) is 0. The van der Waals surface area contributed by atoms with E-state index in [9.17, 15) is 9.59 Å². The molecule has 0 bridgehead atoms. The van der Waals surface area contributed by atoms with Gasteiger partial charge in [0, 0.05) is 22.3 Å². The molecule has 6 nitrogen and oxygen atoms in total. The lowest BCUT2D eigenvalue weighted by molar-refractivity contribution is -0.116. The van der Waals surface area contributed by atoms with Crippen LogP contribution in [0.25, 0.3) is 0 Å². The number of hydrogen-bond donors (Lipinski definition) is 3. The molecule has 0 aromatic heterocycles. The molecular formula is C23H28BrN3O3S. The van der Waals surface area contributed by atoms with Crippen molar-refractivity contribution in [1.29, 1.82) is 0 Å². The first kappa shape index (κ1) is 24.8. The van der Waals surface area contributed by atoms with Crippen molar-refractivity contribution < 1.29 is 14.3 Å². The molecule has 31 heavy (non-hydrogen) atoms. The number of thiocarbonyl (C=S) groups is 1. The molecule has 3 N–H and O–H groups in total. The summed E-state index contributed by atoms with van der Waals surface area (Å²) >= 11 is 8.67. The third-order valence-electron chi connectivity index (χ3n) is 4.19. The second-order valence-corrected chi connectivity index (χ2v) is 8.80. The summed E-state index contributed by atoms with van der Waals surface area (Å²) in [5.41, 5.74) is 1.80. The van der Waals surface area contributed by atoms with E-state index in [4.69, 9.17) is 17.0 Å². The van der Waals surface area contributed by atoms with Crippen LogP contribution >= 0.6 is 28.1 Å². The average Bonchev–Trinajstić information content (AvgIpc) is 2.70. The lowest BCUT2D eigenvalue weighted by Crippen LogP contribution is -2.34. The molecule has 2 aromatic carbocycles. The fourth-order valence-electron chi connectivity index (χ4n) is 2.68. The molecule has 2 rings (SSSR count). The Morgan fingerprint density at radius 1 is 1.06 bits per heavy atom. The van der Waals surface area contributed by atoms with E-state index in [0.717, 1.165) is 17.3 Å². The van der Waals surface area contributed by atoms with Gasteiger partial charge in [-0.3, -0.25) is 14.9 Å². The monoisotopic (exact) mass is 505 g/mol. The van der Waals surface area contributed by atoms with Gasteiger partial charge in [-0.15, -0.1) is 0 Å². The third kappa shape index (κ3) is 8.67. The Morgan fingerprint density at radius 3 is 2.32 bits per heavy atom. The molecule has 0 fully saturated rings. The van der Waals surface area contributed by atoms with Gasteiger partial charge in [0.2, 0.25) is 5.91 Å². The summed E-state index contributed by atoms with van der Waals surface area (Å²) < 4.78 is 6.52. The molecule has 0 saturated heterocycles. The summed E-state index contributed by atoms with van der Waals surface area (Å²) in [6, 6.07) is 12.4. The van der Waals surface area contributed by atoms with Crippen LogP contribution in [0.2, 0.25) is 0 Å². The minimum absolute atomic E-state index is 0.0236. The van der Waals surface area contributed by atoms with Crippen LogP contribution < -0.4 is 20.7 Å². The molecule has 0 radical (unpaired) electrons. The minimum atomic E-state index is -0.358. The van der Waals surface area contributed by atoms with E-state index in [2.05, 4.69) is 38.8 Å². The van der Waals surface area contributed by atoms with Crippen LogP contribution in [0.15, 0.2) is 46.9 Å². The second kappa shape index (κ2) is 12.4. The zero-order valence-electron chi connectivity index (χ0n) is 18.0. The quantitative estimate of drug-likeness (QED) is 0.299. The van der Waals surface area contributed by atoms with Crippen molar-refractivity contribution in [2.75, 3.05) is 17.2 Å². The Labute approximate surface area is 197 Å². The van der Waals surface area contributed by atoms with Gasteiger partial charge in [0.05, 0.1) is 12.2 Å². The number of rotatable bonds is 9. The molecular weight excluding hydrogens is 478 g/mol. The maximum Gasteiger partial charge on any atom is 0.261 e. The largest absolute Gasteiger partial charge is 0.493 e. The number of carbonyl (C=O) groups is 2. The van der Waals surface area contributed by atoms with Gasteiger partial charge in [-0.2, -0.15) is 0 Å². The van der Waals surface area contributed by atoms with Gasteiger partial charge in [0.15, 0.2) is 5.11 Å². The van der Waals surface area contributed by atoms with E-state index in [1.165, 1.54) is 0 Å². The molecule has 0 atom stereocenters. The summed E-state index contributed by atoms with van der Waals surface area (Å²) in [6.07, 6.45) is 2.38. The van der Waals surface area contributed by atoms with E-state index in [0.29, 0.717) is 41.6 Å². The fraction of sp³-hybridized carbons (Fsp3) is 0.348. The predicted molar refractivity (Wildman–Crippen MR) is 133 cm³/mol. The van der Waals surface area contributed by atoms with E-state index < -0.39 is 0 Å². The Bertz CT molecular complexity index is 917. The first-order valence-electron chi connectivity index (χ1n) is 10.2. The van der Waals surface area contributed by atoms with Crippen LogP contribution in [0.1, 0.15) is 50.4 Å². The number of benzene rings is 2. The van der Waals surface area contributed by atoms with Gasteiger partial charge in [0.1, 0.15) is 5.75 Å². The number of hydrogen-bond acceptors (Lipinski definition) is 4. The summed E-state index contributed by atoms with van der Waals surface area (Å²) in [5, 5.41) is 8.68. The van der Waals surface area contributed by atoms with Crippen molar-refractivity contribution in [3.8, 4) is 5.75 Å². The van der Waals surface area contributed by atoms with E-state index in [1.807, 2.05) is 19.9 Å². The van der Waals surface area contributed by atoms with Crippen molar-refractivity contribution in [2.45, 2.75) is 40.0 Å². The predicted octanol–water partition coefficient (Wildman–Crippen LogP) is 5.74. The van der Waals surface area contributed by atoms with Gasteiger partial charge in [0.25, 0.3) is 5.91 Å². The number of unbranched alkanes of at least 4 members (excludes halogenated alkanes) is 1. The highest BCUT2D eigenvalue weighted by Crippen LogP contribution is 2.24. The van der Waals surface area contributed by atoms with Crippen LogP contribution in [0, 0.1) is 5.92 Å². The molecule has 0 spiro atoms. The molecule has 2 amide bonds. The zero-order chi connectivity index (χ0) is 22.8. The van der Waals surface area contributed by atoms with Crippen LogP contribution in [-0.4, -0.2) is 23.5 Å². The molecule has 0 aliphatic rings. The van der Waals surface area contributed by atoms with Crippen LogP contribution in [-0.2, 0) is 4.79 Å². The molecule has 2 aromatic rings. The molecule has 0 aliphatic carbocycles. The third-order valence-corrected chi connectivity index (χ3v) is 4.89. The molecule has 0 saturated carbocycles. The second-order valence-electron chi connectivity index (χ2n) is 7.47. The lowest BCUT2D eigenvalue weighted by Gasteiger charge is -2.14. The number of anilines is 2. The average molecular weight is 506 g/mol. The molecule has 0 heterocycles.